The van der Waals surface area contributed by atoms with Crippen LogP contribution in [0.1, 0.15) is 36.9 Å². The predicted octanol–water partition coefficient (Wildman–Crippen LogP) is 4.04. The van der Waals surface area contributed by atoms with Gasteiger partial charge in [-0.15, -0.1) is 11.3 Å². The number of benzene rings is 1. The average Bonchev–Trinajstić information content (AvgIpc) is 3.09. The first kappa shape index (κ1) is 14.2. The summed E-state index contributed by atoms with van der Waals surface area (Å²) in [6, 6.07) is 6.60. The summed E-state index contributed by atoms with van der Waals surface area (Å²) in [5.41, 5.74) is 0.625. The Bertz CT molecular complexity index is 662. The lowest BCUT2D eigenvalue weighted by molar-refractivity contribution is -0.121. The number of hydrogen-bond acceptors (Lipinski definition) is 3. The molecule has 1 amide bonds. The smallest absolute Gasteiger partial charge is 0.236 e. The third-order valence-corrected chi connectivity index (χ3v) is 5.00. The Morgan fingerprint density at radius 3 is 2.67 bits per heavy atom. The standard InChI is InChI=1S/C16H17FN2OS/c1-11-10-21-15(18-11)19-14(20)16(8-4-5-9-16)12-6-2-3-7-13(12)17/h2-3,6-7,10H,4-5,8-9H2,1H3,(H,18,19,20). The number of thiazole rings is 1. The van der Waals surface area contributed by atoms with E-state index in [9.17, 15) is 9.18 Å². The fourth-order valence-corrected chi connectivity index (χ4v) is 3.76. The Morgan fingerprint density at radius 1 is 1.33 bits per heavy atom. The molecule has 0 radical (unpaired) electrons. The second kappa shape index (κ2) is 5.56. The van der Waals surface area contributed by atoms with Crippen molar-refractivity contribution in [2.24, 2.45) is 0 Å². The molecule has 1 aromatic heterocycles. The van der Waals surface area contributed by atoms with Crippen molar-refractivity contribution >= 4 is 22.4 Å². The normalized spacial score (nSPS) is 16.9. The van der Waals surface area contributed by atoms with Crippen molar-refractivity contribution in [2.75, 3.05) is 5.32 Å². The first-order valence-corrected chi connectivity index (χ1v) is 7.98. The lowest BCUT2D eigenvalue weighted by Gasteiger charge is -2.28. The number of anilines is 1. The molecule has 1 fully saturated rings. The minimum atomic E-state index is -0.759. The van der Waals surface area contributed by atoms with Gasteiger partial charge in [-0.3, -0.25) is 4.79 Å². The van der Waals surface area contributed by atoms with Gasteiger partial charge in [0.1, 0.15) is 5.82 Å². The highest BCUT2D eigenvalue weighted by Gasteiger charge is 2.44. The maximum absolute atomic E-state index is 14.2. The van der Waals surface area contributed by atoms with E-state index in [1.54, 1.807) is 18.2 Å². The number of nitrogens with zero attached hydrogens (tertiary/aromatic N) is 1. The molecule has 5 heteroatoms. The molecule has 1 N–H and O–H groups in total. The number of aromatic nitrogens is 1. The van der Waals surface area contributed by atoms with Crippen molar-refractivity contribution in [3.8, 4) is 0 Å². The van der Waals surface area contributed by atoms with Gasteiger partial charge in [0.15, 0.2) is 5.13 Å². The Hall–Kier alpha value is -1.75. The molecule has 1 aliphatic rings. The summed E-state index contributed by atoms with van der Waals surface area (Å²) in [4.78, 5) is 17.0. The number of rotatable bonds is 3. The highest BCUT2D eigenvalue weighted by atomic mass is 32.1. The van der Waals surface area contributed by atoms with Crippen molar-refractivity contribution in [1.82, 2.24) is 4.98 Å². The molecular formula is C16H17FN2OS. The van der Waals surface area contributed by atoms with Crippen LogP contribution in [0.25, 0.3) is 0 Å². The lowest BCUT2D eigenvalue weighted by Crippen LogP contribution is -2.38. The van der Waals surface area contributed by atoms with Crippen LogP contribution in [0.4, 0.5) is 9.52 Å². The highest BCUT2D eigenvalue weighted by molar-refractivity contribution is 7.13. The van der Waals surface area contributed by atoms with Crippen LogP contribution in [0.15, 0.2) is 29.6 Å². The molecular weight excluding hydrogens is 287 g/mol. The van der Waals surface area contributed by atoms with Crippen LogP contribution >= 0.6 is 11.3 Å². The maximum Gasteiger partial charge on any atom is 0.236 e. The first-order valence-electron chi connectivity index (χ1n) is 7.10. The summed E-state index contributed by atoms with van der Waals surface area (Å²) in [6.07, 6.45) is 3.26. The van der Waals surface area contributed by atoms with Gasteiger partial charge in [0.05, 0.1) is 11.1 Å². The van der Waals surface area contributed by atoms with Gasteiger partial charge in [0, 0.05) is 10.9 Å². The Labute approximate surface area is 127 Å². The molecule has 1 aliphatic carbocycles. The molecule has 1 aromatic carbocycles. The third-order valence-electron chi connectivity index (χ3n) is 4.12. The highest BCUT2D eigenvalue weighted by Crippen LogP contribution is 2.43. The molecule has 0 spiro atoms. The molecule has 1 heterocycles. The summed E-state index contributed by atoms with van der Waals surface area (Å²) in [7, 11) is 0. The van der Waals surface area contributed by atoms with Crippen LogP contribution in [-0.4, -0.2) is 10.9 Å². The summed E-state index contributed by atoms with van der Waals surface area (Å²) in [5.74, 6) is -0.440. The van der Waals surface area contributed by atoms with Gasteiger partial charge in [0.2, 0.25) is 5.91 Å². The van der Waals surface area contributed by atoms with Crippen molar-refractivity contribution in [3.05, 3.63) is 46.7 Å². The molecule has 0 saturated heterocycles. The number of halogens is 1. The summed E-state index contributed by atoms with van der Waals surface area (Å²) < 4.78 is 14.2. The zero-order valence-electron chi connectivity index (χ0n) is 11.9. The number of nitrogens with one attached hydrogen (secondary N) is 1. The Kier molecular flexibility index (Phi) is 3.76. The Morgan fingerprint density at radius 2 is 2.05 bits per heavy atom. The number of carbonyl (C=O) groups is 1. The molecule has 0 aliphatic heterocycles. The quantitative estimate of drug-likeness (QED) is 0.930. The lowest BCUT2D eigenvalue weighted by atomic mass is 9.77. The number of carbonyl (C=O) groups excluding carboxylic acids is 1. The van der Waals surface area contributed by atoms with E-state index < -0.39 is 5.41 Å². The van der Waals surface area contributed by atoms with E-state index in [1.807, 2.05) is 12.3 Å². The molecule has 2 aromatic rings. The second-order valence-corrected chi connectivity index (χ2v) is 6.38. The van der Waals surface area contributed by atoms with E-state index in [-0.39, 0.29) is 11.7 Å². The molecule has 1 saturated carbocycles. The van der Waals surface area contributed by atoms with Crippen LogP contribution in [0.5, 0.6) is 0 Å². The molecule has 0 atom stereocenters. The van der Waals surface area contributed by atoms with Gasteiger partial charge in [-0.2, -0.15) is 0 Å². The minimum absolute atomic E-state index is 0.139. The van der Waals surface area contributed by atoms with Gasteiger partial charge in [-0.1, -0.05) is 31.0 Å². The maximum atomic E-state index is 14.2. The minimum Gasteiger partial charge on any atom is -0.301 e. The molecule has 21 heavy (non-hydrogen) atoms. The topological polar surface area (TPSA) is 42.0 Å². The van der Waals surface area contributed by atoms with Gasteiger partial charge in [-0.05, 0) is 25.8 Å². The van der Waals surface area contributed by atoms with Gasteiger partial charge in [0.25, 0.3) is 0 Å². The molecule has 3 nitrogen and oxygen atoms in total. The molecule has 110 valence electrons. The summed E-state index contributed by atoms with van der Waals surface area (Å²) >= 11 is 1.40. The van der Waals surface area contributed by atoms with E-state index in [0.29, 0.717) is 23.5 Å². The SMILES string of the molecule is Cc1csc(NC(=O)C2(c3ccccc3F)CCCC2)n1. The van der Waals surface area contributed by atoms with Crippen LogP contribution < -0.4 is 5.32 Å². The van der Waals surface area contributed by atoms with E-state index in [0.717, 1.165) is 18.5 Å². The second-order valence-electron chi connectivity index (χ2n) is 5.52. The van der Waals surface area contributed by atoms with E-state index >= 15 is 0 Å². The first-order chi connectivity index (χ1) is 10.1. The number of hydrogen-bond donors (Lipinski definition) is 1. The average molecular weight is 304 g/mol. The molecule has 3 rings (SSSR count). The summed E-state index contributed by atoms with van der Waals surface area (Å²) in [6.45, 7) is 1.88. The van der Waals surface area contributed by atoms with Gasteiger partial charge in [-0.25, -0.2) is 9.37 Å². The largest absolute Gasteiger partial charge is 0.301 e. The van der Waals surface area contributed by atoms with Crippen molar-refractivity contribution < 1.29 is 9.18 Å². The van der Waals surface area contributed by atoms with E-state index in [1.165, 1.54) is 17.4 Å². The third kappa shape index (κ3) is 2.58. The fourth-order valence-electron chi connectivity index (χ4n) is 3.07. The van der Waals surface area contributed by atoms with E-state index in [2.05, 4.69) is 10.3 Å². The molecule has 0 unspecified atom stereocenters. The van der Waals surface area contributed by atoms with Gasteiger partial charge < -0.3 is 5.32 Å². The predicted molar refractivity (Wildman–Crippen MR) is 82.0 cm³/mol. The van der Waals surface area contributed by atoms with Crippen LogP contribution in [-0.2, 0) is 10.2 Å². The fraction of sp³-hybridized carbons (Fsp3) is 0.375. The zero-order chi connectivity index (χ0) is 14.9. The van der Waals surface area contributed by atoms with Crippen molar-refractivity contribution in [3.63, 3.8) is 0 Å². The van der Waals surface area contributed by atoms with Crippen molar-refractivity contribution in [2.45, 2.75) is 38.0 Å². The number of amides is 1. The molecule has 0 bridgehead atoms. The summed E-state index contributed by atoms with van der Waals surface area (Å²) in [5, 5.41) is 5.35. The number of aryl methyl sites for hydroxylation is 1. The van der Waals surface area contributed by atoms with Crippen molar-refractivity contribution in [1.29, 1.82) is 0 Å². The van der Waals surface area contributed by atoms with Crippen LogP contribution in [0, 0.1) is 12.7 Å². The van der Waals surface area contributed by atoms with Gasteiger partial charge >= 0.3 is 0 Å². The Balaban J connectivity index is 1.94. The zero-order valence-corrected chi connectivity index (χ0v) is 12.7. The monoisotopic (exact) mass is 304 g/mol. The van der Waals surface area contributed by atoms with Crippen LogP contribution in [0.2, 0.25) is 0 Å². The van der Waals surface area contributed by atoms with E-state index in [4.69, 9.17) is 0 Å². The van der Waals surface area contributed by atoms with Crippen LogP contribution in [0.3, 0.4) is 0 Å².